The van der Waals surface area contributed by atoms with E-state index in [9.17, 15) is 19.5 Å². The minimum Gasteiger partial charge on any atom is -0.508 e. The first kappa shape index (κ1) is 29.3. The number of carbonyl (C=O) groups is 3. The van der Waals surface area contributed by atoms with Crippen LogP contribution in [0.15, 0.2) is 24.3 Å². The Morgan fingerprint density at radius 3 is 2.15 bits per heavy atom. The monoisotopic (exact) mass is 477 g/mol. The van der Waals surface area contributed by atoms with Crippen LogP contribution in [-0.2, 0) is 14.3 Å². The Hall–Kier alpha value is -2.77. The van der Waals surface area contributed by atoms with Crippen molar-refractivity contribution in [3.05, 3.63) is 29.8 Å². The van der Waals surface area contributed by atoms with Crippen molar-refractivity contribution in [3.63, 3.8) is 0 Å². The van der Waals surface area contributed by atoms with Gasteiger partial charge in [-0.15, -0.1) is 0 Å². The van der Waals surface area contributed by atoms with Gasteiger partial charge in [0.05, 0.1) is 0 Å². The molecule has 0 saturated carbocycles. The number of aromatic hydroxyl groups is 1. The summed E-state index contributed by atoms with van der Waals surface area (Å²) < 4.78 is 5.24. The van der Waals surface area contributed by atoms with Crippen LogP contribution in [0.1, 0.15) is 91.2 Å². The summed E-state index contributed by atoms with van der Waals surface area (Å²) in [6, 6.07) is 5.45. The molecule has 1 unspecified atom stereocenters. The highest BCUT2D eigenvalue weighted by Crippen LogP contribution is 2.24. The summed E-state index contributed by atoms with van der Waals surface area (Å²) >= 11 is 0. The number of phenolic OH excluding ortho intramolecular Hbond substituents is 1. The van der Waals surface area contributed by atoms with Gasteiger partial charge in [-0.25, -0.2) is 4.79 Å². The van der Waals surface area contributed by atoms with Gasteiger partial charge in [-0.1, -0.05) is 58.1 Å². The molecule has 192 valence electrons. The van der Waals surface area contributed by atoms with E-state index in [1.54, 1.807) is 32.9 Å². The van der Waals surface area contributed by atoms with Crippen LogP contribution in [0.4, 0.5) is 4.79 Å². The van der Waals surface area contributed by atoms with E-state index in [-0.39, 0.29) is 24.1 Å². The normalized spacial score (nSPS) is 12.0. The van der Waals surface area contributed by atoms with Gasteiger partial charge in [-0.2, -0.15) is 0 Å². The minimum atomic E-state index is -0.864. The van der Waals surface area contributed by atoms with Crippen molar-refractivity contribution >= 4 is 17.9 Å². The van der Waals surface area contributed by atoms with Crippen molar-refractivity contribution in [1.82, 2.24) is 15.5 Å². The van der Waals surface area contributed by atoms with Crippen LogP contribution in [0.2, 0.25) is 0 Å². The van der Waals surface area contributed by atoms with E-state index < -0.39 is 17.7 Å². The van der Waals surface area contributed by atoms with Crippen LogP contribution in [0.25, 0.3) is 0 Å². The number of hydrogen-bond acceptors (Lipinski definition) is 5. The van der Waals surface area contributed by atoms with E-state index in [4.69, 9.17) is 4.74 Å². The number of unbranched alkanes of at least 4 members (excludes halogenated alkanes) is 5. The molecule has 0 aliphatic carbocycles. The summed E-state index contributed by atoms with van der Waals surface area (Å²) in [5.74, 6) is -0.568. The Labute approximate surface area is 204 Å². The predicted octanol–water partition coefficient (Wildman–Crippen LogP) is 4.67. The van der Waals surface area contributed by atoms with Crippen molar-refractivity contribution in [2.24, 2.45) is 0 Å². The lowest BCUT2D eigenvalue weighted by Gasteiger charge is -2.32. The molecule has 0 fully saturated rings. The summed E-state index contributed by atoms with van der Waals surface area (Å²) in [4.78, 5) is 40.1. The van der Waals surface area contributed by atoms with Gasteiger partial charge < -0.3 is 25.4 Å². The van der Waals surface area contributed by atoms with E-state index in [2.05, 4.69) is 17.6 Å². The van der Waals surface area contributed by atoms with Gasteiger partial charge in [0.1, 0.15) is 23.9 Å². The Balaban J connectivity index is 3.10. The van der Waals surface area contributed by atoms with Crippen molar-refractivity contribution in [2.75, 3.05) is 19.6 Å². The Morgan fingerprint density at radius 2 is 1.56 bits per heavy atom. The van der Waals surface area contributed by atoms with E-state index in [1.807, 2.05) is 6.92 Å². The molecule has 0 aliphatic heterocycles. The summed E-state index contributed by atoms with van der Waals surface area (Å²) in [5.41, 5.74) is -0.0780. The molecule has 34 heavy (non-hydrogen) atoms. The maximum Gasteiger partial charge on any atom is 0.408 e. The lowest BCUT2D eigenvalue weighted by molar-refractivity contribution is -0.140. The number of nitrogens with zero attached hydrogens (tertiary/aromatic N) is 1. The predicted molar refractivity (Wildman–Crippen MR) is 133 cm³/mol. The highest BCUT2D eigenvalue weighted by molar-refractivity contribution is 5.90. The summed E-state index contributed by atoms with van der Waals surface area (Å²) in [7, 11) is 0. The highest BCUT2D eigenvalue weighted by atomic mass is 16.6. The number of carbonyl (C=O) groups excluding carboxylic acids is 3. The van der Waals surface area contributed by atoms with Gasteiger partial charge in [0.25, 0.3) is 0 Å². The average molecular weight is 478 g/mol. The number of alkyl carbamates (subject to hydrolysis) is 1. The van der Waals surface area contributed by atoms with Gasteiger partial charge in [-0.05, 0) is 51.3 Å². The van der Waals surface area contributed by atoms with Crippen LogP contribution in [0.3, 0.4) is 0 Å². The second-order valence-electron chi connectivity index (χ2n) is 9.50. The van der Waals surface area contributed by atoms with Crippen LogP contribution >= 0.6 is 0 Å². The molecule has 0 aliphatic rings. The Kier molecular flexibility index (Phi) is 13.1. The summed E-state index contributed by atoms with van der Waals surface area (Å²) in [5, 5.41) is 15.2. The molecule has 1 aromatic rings. The lowest BCUT2D eigenvalue weighted by atomic mass is 10.0. The number of nitrogens with one attached hydrogen (secondary N) is 2. The molecule has 3 amide bonds. The van der Waals surface area contributed by atoms with Crippen LogP contribution in [-0.4, -0.2) is 53.1 Å². The van der Waals surface area contributed by atoms with Gasteiger partial charge in [0, 0.05) is 13.1 Å². The molecule has 0 spiro atoms. The fourth-order valence-corrected chi connectivity index (χ4v) is 3.46. The largest absolute Gasteiger partial charge is 0.508 e. The first-order chi connectivity index (χ1) is 16.1. The molecule has 1 atom stereocenters. The third-order valence-corrected chi connectivity index (χ3v) is 5.20. The minimum absolute atomic E-state index is 0.0814. The number of rotatable bonds is 14. The first-order valence-corrected chi connectivity index (χ1v) is 12.4. The van der Waals surface area contributed by atoms with Gasteiger partial charge in [-0.3, -0.25) is 9.59 Å². The first-order valence-electron chi connectivity index (χ1n) is 12.4. The number of phenols is 1. The van der Waals surface area contributed by atoms with Crippen molar-refractivity contribution < 1.29 is 24.2 Å². The smallest absolute Gasteiger partial charge is 0.408 e. The second-order valence-corrected chi connectivity index (χ2v) is 9.50. The van der Waals surface area contributed by atoms with Crippen molar-refractivity contribution in [2.45, 2.75) is 91.2 Å². The summed E-state index contributed by atoms with van der Waals surface area (Å²) in [6.07, 6.45) is 6.05. The zero-order valence-corrected chi connectivity index (χ0v) is 21.5. The van der Waals surface area contributed by atoms with Gasteiger partial charge in [0.2, 0.25) is 11.8 Å². The highest BCUT2D eigenvalue weighted by Gasteiger charge is 2.31. The fraction of sp³-hybridized carbons (Fsp3) is 0.654. The van der Waals surface area contributed by atoms with Crippen LogP contribution in [0, 0.1) is 0 Å². The molecule has 8 nitrogen and oxygen atoms in total. The van der Waals surface area contributed by atoms with E-state index in [0.717, 1.165) is 44.9 Å². The Bertz CT molecular complexity index is 759. The molecule has 0 bridgehead atoms. The molecule has 0 saturated heterocycles. The zero-order chi connectivity index (χ0) is 25.6. The SMILES string of the molecule is CCCCCCCN(C(=O)CNC(=O)OC(C)(C)C)C(C(=O)NCCCC)c1ccc(O)cc1. The quantitative estimate of drug-likeness (QED) is 0.337. The van der Waals surface area contributed by atoms with E-state index in [1.165, 1.54) is 17.0 Å². The molecular weight excluding hydrogens is 434 g/mol. The average Bonchev–Trinajstić information content (AvgIpc) is 2.76. The molecule has 0 heterocycles. The third kappa shape index (κ3) is 11.4. The van der Waals surface area contributed by atoms with Crippen LogP contribution in [0.5, 0.6) is 5.75 Å². The third-order valence-electron chi connectivity index (χ3n) is 5.20. The number of ether oxygens (including phenoxy) is 1. The summed E-state index contributed by atoms with van der Waals surface area (Å²) in [6.45, 7) is 10.0. The van der Waals surface area contributed by atoms with Crippen molar-refractivity contribution in [1.29, 1.82) is 0 Å². The molecule has 1 aromatic carbocycles. The fourth-order valence-electron chi connectivity index (χ4n) is 3.46. The second kappa shape index (κ2) is 15.2. The molecule has 8 heteroatoms. The maximum atomic E-state index is 13.3. The topological polar surface area (TPSA) is 108 Å². The lowest BCUT2D eigenvalue weighted by Crippen LogP contribution is -2.48. The number of hydrogen-bond donors (Lipinski definition) is 3. The maximum absolute atomic E-state index is 13.3. The van der Waals surface area contributed by atoms with Crippen LogP contribution < -0.4 is 10.6 Å². The molecule has 0 radical (unpaired) electrons. The molecule has 0 aromatic heterocycles. The van der Waals surface area contributed by atoms with Crippen molar-refractivity contribution in [3.8, 4) is 5.75 Å². The Morgan fingerprint density at radius 1 is 0.941 bits per heavy atom. The number of amides is 3. The van der Waals surface area contributed by atoms with Gasteiger partial charge >= 0.3 is 6.09 Å². The van der Waals surface area contributed by atoms with Gasteiger partial charge in [0.15, 0.2) is 0 Å². The standard InChI is InChI=1S/C26H43N3O5/c1-6-8-10-11-12-18-29(22(31)19-28-25(33)34-26(3,4)5)23(24(32)27-17-9-7-2)20-13-15-21(30)16-14-20/h13-16,23,30H,6-12,17-19H2,1-5H3,(H,27,32)(H,28,33). The number of benzene rings is 1. The molecule has 1 rings (SSSR count). The molecular formula is C26H43N3O5. The molecule has 3 N–H and O–H groups in total. The van der Waals surface area contributed by atoms with E-state index >= 15 is 0 Å². The zero-order valence-electron chi connectivity index (χ0n) is 21.5. The van der Waals surface area contributed by atoms with E-state index in [0.29, 0.717) is 18.7 Å².